The molecule has 0 fully saturated rings. The van der Waals surface area contributed by atoms with Gasteiger partial charge in [0.25, 0.3) is 0 Å². The molecule has 0 N–H and O–H groups in total. The number of alkyl halides is 36. The van der Waals surface area contributed by atoms with Gasteiger partial charge in [-0.25, -0.2) is 0 Å². The Morgan fingerprint density at radius 2 is 0.260 bits per heavy atom. The molecule has 73 heavy (non-hydrogen) atoms. The third-order valence-electron chi connectivity index (χ3n) is 10.2. The molecule has 0 aromatic heterocycles. The van der Waals surface area contributed by atoms with Crippen LogP contribution in [0, 0.1) is 0 Å². The molecule has 0 saturated heterocycles. The van der Waals surface area contributed by atoms with Gasteiger partial charge in [-0.1, -0.05) is 0 Å². The number of rotatable bonds is 4. The normalized spacial score (nSPS) is 14.8. The predicted molar refractivity (Wildman–Crippen MR) is 170 cm³/mol. The minimum Gasteiger partial charge on any atom is -0.171 e. The fourth-order valence-corrected chi connectivity index (χ4v) is 7.88. The predicted octanol–water partition coefficient (Wildman–Crippen LogP) is 15.3. The van der Waals surface area contributed by atoms with Crippen LogP contribution in [-0.4, -0.2) is 6.15 Å². The Balaban J connectivity index is 3.18. The van der Waals surface area contributed by atoms with Crippen LogP contribution in [-0.2, 0) is 74.1 Å². The largest absolute Gasteiger partial charge is 0.416 e. The van der Waals surface area contributed by atoms with Gasteiger partial charge in [0.2, 0.25) is 0 Å². The molecule has 0 heterocycles. The lowest BCUT2D eigenvalue weighted by molar-refractivity contribution is -0.149. The topological polar surface area (TPSA) is 0 Å². The van der Waals surface area contributed by atoms with Crippen molar-refractivity contribution < 1.29 is 158 Å². The molecule has 0 saturated carbocycles. The Kier molecular flexibility index (Phi) is 14.2. The lowest BCUT2D eigenvalue weighted by Crippen LogP contribution is -2.81. The van der Waals surface area contributed by atoms with E-state index in [-0.39, 0.29) is 0 Å². The van der Waals surface area contributed by atoms with E-state index in [1.807, 2.05) is 0 Å². The van der Waals surface area contributed by atoms with Crippen molar-refractivity contribution >= 4 is 28.0 Å². The van der Waals surface area contributed by atoms with Gasteiger partial charge < -0.3 is 0 Å². The maximum Gasteiger partial charge on any atom is 0.416 e. The molecule has 37 heteroatoms. The monoisotopic (exact) mass is 1140 g/mol. The van der Waals surface area contributed by atoms with Gasteiger partial charge in [-0.2, -0.15) is 180 Å². The Hall–Kier alpha value is -5.58. The van der Waals surface area contributed by atoms with Crippen molar-refractivity contribution in [2.75, 3.05) is 0 Å². The van der Waals surface area contributed by atoms with E-state index in [9.17, 15) is 52.7 Å². The van der Waals surface area contributed by atoms with E-state index in [0.717, 1.165) is 0 Å². The van der Waals surface area contributed by atoms with Crippen molar-refractivity contribution in [2.45, 2.75) is 74.1 Å². The molecule has 4 aromatic rings. The van der Waals surface area contributed by atoms with Crippen LogP contribution in [0.25, 0.3) is 0 Å². The summed E-state index contributed by atoms with van der Waals surface area (Å²) in [5.74, 6) is 0. The van der Waals surface area contributed by atoms with Crippen molar-refractivity contribution in [1.29, 1.82) is 0 Å². The molecule has 0 atom stereocenters. The summed E-state index contributed by atoms with van der Waals surface area (Å²) in [6.07, 6.45) is -101. The van der Waals surface area contributed by atoms with Crippen molar-refractivity contribution in [2.24, 2.45) is 0 Å². The highest BCUT2D eigenvalue weighted by Gasteiger charge is 2.61. The molecule has 0 unspecified atom stereocenters. The van der Waals surface area contributed by atoms with Crippen molar-refractivity contribution in [1.82, 2.24) is 0 Å². The second kappa shape index (κ2) is 17.2. The number of halogens is 36. The van der Waals surface area contributed by atoms with Gasteiger partial charge in [0.1, 0.15) is 6.15 Å². The summed E-state index contributed by atoms with van der Waals surface area (Å²) in [6, 6.07) is -18.1. The second-order valence-electron chi connectivity index (χ2n) is 14.8. The Labute approximate surface area is 376 Å². The highest BCUT2D eigenvalue weighted by molar-refractivity contribution is 7.21. The average molecular weight is 1140 g/mol. The van der Waals surface area contributed by atoms with Crippen LogP contribution >= 0.6 is 0 Å². The highest BCUT2D eigenvalue weighted by atomic mass is 19.5. The molecule has 408 valence electrons. The van der Waals surface area contributed by atoms with E-state index in [4.69, 9.17) is 0 Å². The van der Waals surface area contributed by atoms with Crippen LogP contribution in [0.15, 0.2) is 48.5 Å². The lowest BCUT2D eigenvalue weighted by Gasteiger charge is -2.53. The lowest BCUT2D eigenvalue weighted by atomic mass is 9.09. The van der Waals surface area contributed by atoms with Crippen molar-refractivity contribution in [3.05, 3.63) is 115 Å². The van der Waals surface area contributed by atoms with E-state index >= 15 is 105 Å². The molecule has 0 nitrogen and oxygen atoms in total. The SMILES string of the molecule is FC(F)(F)c1cc(C(F)(F)F)c([B-](c2c(C(F)(F)F)cc(C(F)(F)F)cc2C(F)(F)F)(c2c(C(F)(F)F)cc(C(F)(F)F)cc2C(F)(F)F)c2c(C(F)(F)F)cc(C(F)(F)F)cc2C(F)(F)F)c(C(F)(F)F)c1. The molecule has 0 spiro atoms. The zero-order chi connectivity index (χ0) is 57.4. The second-order valence-corrected chi connectivity index (χ2v) is 14.8. The van der Waals surface area contributed by atoms with E-state index in [1.165, 1.54) is 0 Å². The molecule has 4 rings (SSSR count). The van der Waals surface area contributed by atoms with Gasteiger partial charge in [-0.3, -0.25) is 0 Å². The molecular formula is C36H8BF36-. The molecule has 0 bridgehead atoms. The molecule has 0 amide bonds. The molecule has 0 aliphatic rings. The molecular weight excluding hydrogens is 1130 g/mol. The molecule has 0 aliphatic carbocycles. The van der Waals surface area contributed by atoms with Crippen molar-refractivity contribution in [3.8, 4) is 0 Å². The zero-order valence-electron chi connectivity index (χ0n) is 32.8. The van der Waals surface area contributed by atoms with E-state index < -0.39 is 217 Å². The van der Waals surface area contributed by atoms with Gasteiger partial charge in [0, 0.05) is 44.5 Å². The van der Waals surface area contributed by atoms with E-state index in [0.29, 0.717) is 0 Å². The fraction of sp³-hybridized carbons (Fsp3) is 0.333. The zero-order valence-corrected chi connectivity index (χ0v) is 32.8. The number of hydrogen-bond acceptors (Lipinski definition) is 0. The Morgan fingerprint density at radius 3 is 0.329 bits per heavy atom. The van der Waals surface area contributed by atoms with Gasteiger partial charge >= 0.3 is 74.1 Å². The minimum absolute atomic E-state index is 2.26. The van der Waals surface area contributed by atoms with Crippen LogP contribution in [0.4, 0.5) is 158 Å². The third kappa shape index (κ3) is 11.6. The number of hydrogen-bond donors (Lipinski definition) is 0. The summed E-state index contributed by atoms with van der Waals surface area (Å²) >= 11 is 0. The fourth-order valence-electron chi connectivity index (χ4n) is 7.88. The minimum atomic E-state index is -9.45. The van der Waals surface area contributed by atoms with Gasteiger partial charge in [-0.05, 0) is 48.5 Å². The van der Waals surface area contributed by atoms with Crippen LogP contribution in [0.1, 0.15) is 66.8 Å². The summed E-state index contributed by atoms with van der Waals surface area (Å²) in [5.41, 5.74) is -74.1. The first-order valence-corrected chi connectivity index (χ1v) is 17.6. The van der Waals surface area contributed by atoms with Crippen LogP contribution < -0.4 is 21.9 Å². The number of benzene rings is 4. The molecule has 4 aromatic carbocycles. The van der Waals surface area contributed by atoms with Crippen molar-refractivity contribution in [3.63, 3.8) is 0 Å². The van der Waals surface area contributed by atoms with Crippen LogP contribution in [0.3, 0.4) is 0 Å². The van der Waals surface area contributed by atoms with Crippen LogP contribution in [0.2, 0.25) is 0 Å². The third-order valence-corrected chi connectivity index (χ3v) is 10.2. The summed E-state index contributed by atoms with van der Waals surface area (Å²) in [5, 5.41) is 0. The standard InChI is InChI=1S/C36H8BF36/c38-25(39,40)9-1-13(29(50,51)52)21(14(2-9)30(53,54)55)37(22-15(31(56,57)58)3-10(26(41,42)43)4-16(22)32(59,60)61,23-17(33(62,63)64)5-11(27(44,45)46)6-18(23)34(65,66)67)24-19(35(68,69)70)7-12(28(47,48)49)8-20(24)36(71,72)73/h1-8H/q-1. The van der Waals surface area contributed by atoms with E-state index in [1.54, 1.807) is 0 Å². The molecule has 0 aliphatic heterocycles. The maximum atomic E-state index is 15.4. The van der Waals surface area contributed by atoms with E-state index in [2.05, 4.69) is 0 Å². The summed E-state index contributed by atoms with van der Waals surface area (Å²) in [7, 11) is 0. The maximum absolute atomic E-state index is 15.4. The summed E-state index contributed by atoms with van der Waals surface area (Å²) in [4.78, 5) is 0. The first kappa shape index (κ1) is 60.0. The van der Waals surface area contributed by atoms with Gasteiger partial charge in [0.05, 0.1) is 22.3 Å². The van der Waals surface area contributed by atoms with Gasteiger partial charge in [-0.15, -0.1) is 0 Å². The first-order valence-electron chi connectivity index (χ1n) is 17.6. The Bertz CT molecular complexity index is 2220. The smallest absolute Gasteiger partial charge is 0.171 e. The van der Waals surface area contributed by atoms with Gasteiger partial charge in [0.15, 0.2) is 0 Å². The molecule has 0 radical (unpaired) electrons. The van der Waals surface area contributed by atoms with Crippen LogP contribution in [0.5, 0.6) is 0 Å². The average Bonchev–Trinajstić information content (AvgIpc) is 3.12. The highest BCUT2D eigenvalue weighted by Crippen LogP contribution is 2.50. The summed E-state index contributed by atoms with van der Waals surface area (Å²) < 4.78 is 540. The first-order chi connectivity index (χ1) is 31.8. The quantitative estimate of drug-likeness (QED) is 0.141. The Morgan fingerprint density at radius 1 is 0.164 bits per heavy atom. The summed E-state index contributed by atoms with van der Waals surface area (Å²) in [6.45, 7) is 0.